The first kappa shape index (κ1) is 19.6. The molecular weight excluding hydrogens is 318 g/mol. The monoisotopic (exact) mass is 343 g/mol. The topological polar surface area (TPSA) is 96.5 Å². The maximum absolute atomic E-state index is 12.2. The van der Waals surface area contributed by atoms with Crippen LogP contribution in [0.1, 0.15) is 22.8 Å². The quantitative estimate of drug-likeness (QED) is 0.530. The van der Waals surface area contributed by atoms with Crippen molar-refractivity contribution < 1.29 is 17.9 Å². The van der Waals surface area contributed by atoms with Gasteiger partial charge in [-0.05, 0) is 24.6 Å². The lowest BCUT2D eigenvalue weighted by molar-refractivity contribution is 0.0953. The fraction of sp³-hybridized carbons (Fsp3) is 0.533. The van der Waals surface area contributed by atoms with Gasteiger partial charge in [-0.1, -0.05) is 13.0 Å². The second-order valence-electron chi connectivity index (χ2n) is 4.98. The van der Waals surface area contributed by atoms with Gasteiger partial charge in [0.05, 0.1) is 11.5 Å². The van der Waals surface area contributed by atoms with Crippen molar-refractivity contribution in [2.75, 3.05) is 39.9 Å². The highest BCUT2D eigenvalue weighted by Gasteiger charge is 2.16. The Morgan fingerprint density at radius 3 is 2.61 bits per heavy atom. The highest BCUT2D eigenvalue weighted by molar-refractivity contribution is 7.89. The van der Waals surface area contributed by atoms with Gasteiger partial charge in [0.25, 0.3) is 5.91 Å². The molecule has 0 bridgehead atoms. The predicted molar refractivity (Wildman–Crippen MR) is 89.1 cm³/mol. The lowest BCUT2D eigenvalue weighted by atomic mass is 10.1. The van der Waals surface area contributed by atoms with Gasteiger partial charge in [0.1, 0.15) is 0 Å². The molecule has 0 fully saturated rings. The maximum Gasteiger partial charge on any atom is 0.251 e. The van der Waals surface area contributed by atoms with Crippen molar-refractivity contribution in [1.29, 1.82) is 0 Å². The van der Waals surface area contributed by atoms with E-state index in [1.165, 1.54) is 12.1 Å². The van der Waals surface area contributed by atoms with Crippen molar-refractivity contribution >= 4 is 15.9 Å². The standard InChI is InChI=1S/C15H25N3O4S/c1-4-18-23(20,21)13-6-5-12(2)14(11-13)15(19)17-8-7-16-9-10-22-3/h5-6,11,16,18H,4,7-10H2,1-3H3,(H,17,19). The summed E-state index contributed by atoms with van der Waals surface area (Å²) in [6.45, 7) is 6.16. The Bertz CT molecular complexity index is 617. The van der Waals surface area contributed by atoms with Crippen LogP contribution in [0.2, 0.25) is 0 Å². The van der Waals surface area contributed by atoms with Crippen LogP contribution in [0, 0.1) is 6.92 Å². The van der Waals surface area contributed by atoms with Crippen molar-refractivity contribution in [2.45, 2.75) is 18.7 Å². The maximum atomic E-state index is 12.2. The first-order valence-electron chi connectivity index (χ1n) is 7.50. The van der Waals surface area contributed by atoms with E-state index in [9.17, 15) is 13.2 Å². The summed E-state index contributed by atoms with van der Waals surface area (Å²) in [4.78, 5) is 12.3. The number of methoxy groups -OCH3 is 1. The van der Waals surface area contributed by atoms with E-state index >= 15 is 0 Å². The van der Waals surface area contributed by atoms with Gasteiger partial charge >= 0.3 is 0 Å². The summed E-state index contributed by atoms with van der Waals surface area (Å²) in [5, 5.41) is 5.88. The zero-order valence-corrected chi connectivity index (χ0v) is 14.6. The molecular formula is C15H25N3O4S. The van der Waals surface area contributed by atoms with Crippen molar-refractivity contribution in [1.82, 2.24) is 15.4 Å². The van der Waals surface area contributed by atoms with Crippen LogP contribution in [0.15, 0.2) is 23.1 Å². The molecule has 1 amide bonds. The molecule has 0 aliphatic rings. The minimum absolute atomic E-state index is 0.0910. The van der Waals surface area contributed by atoms with Gasteiger partial charge in [-0.25, -0.2) is 13.1 Å². The average molecular weight is 343 g/mol. The van der Waals surface area contributed by atoms with Crippen LogP contribution in [0.5, 0.6) is 0 Å². The normalized spacial score (nSPS) is 11.4. The lowest BCUT2D eigenvalue weighted by Gasteiger charge is -2.11. The molecule has 23 heavy (non-hydrogen) atoms. The van der Waals surface area contributed by atoms with E-state index in [0.717, 1.165) is 5.56 Å². The number of hydrogen-bond donors (Lipinski definition) is 3. The molecule has 1 aromatic carbocycles. The minimum Gasteiger partial charge on any atom is -0.383 e. The number of carbonyl (C=O) groups is 1. The molecule has 1 rings (SSSR count). The van der Waals surface area contributed by atoms with E-state index in [0.29, 0.717) is 38.3 Å². The fourth-order valence-electron chi connectivity index (χ4n) is 1.95. The Balaban J connectivity index is 2.70. The molecule has 8 heteroatoms. The average Bonchev–Trinajstić information content (AvgIpc) is 2.50. The molecule has 0 radical (unpaired) electrons. The highest BCUT2D eigenvalue weighted by Crippen LogP contribution is 2.15. The first-order chi connectivity index (χ1) is 10.9. The number of benzene rings is 1. The van der Waals surface area contributed by atoms with E-state index in [2.05, 4.69) is 15.4 Å². The van der Waals surface area contributed by atoms with Crippen molar-refractivity contribution in [3.63, 3.8) is 0 Å². The molecule has 0 unspecified atom stereocenters. The molecule has 0 atom stereocenters. The van der Waals surface area contributed by atoms with Gasteiger partial charge in [-0.2, -0.15) is 0 Å². The summed E-state index contributed by atoms with van der Waals surface area (Å²) in [5.74, 6) is -0.287. The molecule has 0 aliphatic heterocycles. The Morgan fingerprint density at radius 2 is 1.96 bits per heavy atom. The summed E-state index contributed by atoms with van der Waals surface area (Å²) >= 11 is 0. The van der Waals surface area contributed by atoms with E-state index in [1.54, 1.807) is 27.0 Å². The molecule has 0 aliphatic carbocycles. The van der Waals surface area contributed by atoms with E-state index in [1.807, 2.05) is 0 Å². The largest absolute Gasteiger partial charge is 0.383 e. The van der Waals surface area contributed by atoms with Gasteiger partial charge in [-0.15, -0.1) is 0 Å². The number of carbonyl (C=O) groups excluding carboxylic acids is 1. The van der Waals surface area contributed by atoms with Crippen LogP contribution in [0.3, 0.4) is 0 Å². The van der Waals surface area contributed by atoms with Crippen LogP contribution in [0.25, 0.3) is 0 Å². The number of aryl methyl sites for hydroxylation is 1. The number of amides is 1. The number of hydrogen-bond acceptors (Lipinski definition) is 5. The van der Waals surface area contributed by atoms with Gasteiger partial charge in [0, 0.05) is 38.9 Å². The van der Waals surface area contributed by atoms with Gasteiger partial charge < -0.3 is 15.4 Å². The van der Waals surface area contributed by atoms with Crippen molar-refractivity contribution in [3.8, 4) is 0 Å². The van der Waals surface area contributed by atoms with Gasteiger partial charge in [0.15, 0.2) is 0 Å². The molecule has 0 spiro atoms. The van der Waals surface area contributed by atoms with Crippen molar-refractivity contribution in [3.05, 3.63) is 29.3 Å². The van der Waals surface area contributed by atoms with Gasteiger partial charge in [0.2, 0.25) is 10.0 Å². The zero-order chi connectivity index (χ0) is 17.3. The Hall–Kier alpha value is -1.48. The van der Waals surface area contributed by atoms with E-state index in [4.69, 9.17) is 4.74 Å². The SMILES string of the molecule is CCNS(=O)(=O)c1ccc(C)c(C(=O)NCCNCCOC)c1. The molecule has 3 N–H and O–H groups in total. The second-order valence-corrected chi connectivity index (χ2v) is 6.74. The third-order valence-corrected chi connectivity index (χ3v) is 4.71. The summed E-state index contributed by atoms with van der Waals surface area (Å²) in [7, 11) is -1.95. The molecule has 0 heterocycles. The van der Waals surface area contributed by atoms with Crippen LogP contribution >= 0.6 is 0 Å². The highest BCUT2D eigenvalue weighted by atomic mass is 32.2. The third-order valence-electron chi connectivity index (χ3n) is 3.17. The van der Waals surface area contributed by atoms with Crippen LogP contribution in [-0.2, 0) is 14.8 Å². The van der Waals surface area contributed by atoms with Gasteiger partial charge in [-0.3, -0.25) is 4.79 Å². The zero-order valence-electron chi connectivity index (χ0n) is 13.8. The van der Waals surface area contributed by atoms with Crippen LogP contribution < -0.4 is 15.4 Å². The van der Waals surface area contributed by atoms with Crippen LogP contribution in [0.4, 0.5) is 0 Å². The first-order valence-corrected chi connectivity index (χ1v) is 8.99. The lowest BCUT2D eigenvalue weighted by Crippen LogP contribution is -2.33. The summed E-state index contributed by atoms with van der Waals surface area (Å²) < 4.78 is 31.3. The molecule has 0 saturated heterocycles. The number of ether oxygens (including phenoxy) is 1. The summed E-state index contributed by atoms with van der Waals surface area (Å²) in [6, 6.07) is 4.54. The molecule has 7 nitrogen and oxygen atoms in total. The van der Waals surface area contributed by atoms with E-state index in [-0.39, 0.29) is 10.8 Å². The second kappa shape index (κ2) is 9.61. The Labute approximate surface area is 137 Å². The number of sulfonamides is 1. The number of nitrogens with one attached hydrogen (secondary N) is 3. The molecule has 0 aromatic heterocycles. The van der Waals surface area contributed by atoms with Crippen LogP contribution in [-0.4, -0.2) is 54.2 Å². The molecule has 0 saturated carbocycles. The van der Waals surface area contributed by atoms with E-state index < -0.39 is 10.0 Å². The van der Waals surface area contributed by atoms with Crippen molar-refractivity contribution in [2.24, 2.45) is 0 Å². The Kier molecular flexibility index (Phi) is 8.18. The smallest absolute Gasteiger partial charge is 0.251 e. The fourth-order valence-corrected chi connectivity index (χ4v) is 3.01. The minimum atomic E-state index is -3.57. The summed E-state index contributed by atoms with van der Waals surface area (Å²) in [6.07, 6.45) is 0. The molecule has 130 valence electrons. The number of rotatable bonds is 10. The Morgan fingerprint density at radius 1 is 1.22 bits per heavy atom. The summed E-state index contributed by atoms with van der Waals surface area (Å²) in [5.41, 5.74) is 1.09. The molecule has 1 aromatic rings. The third kappa shape index (κ3) is 6.26. The predicted octanol–water partition coefficient (Wildman–Crippen LogP) is 0.259.